The highest BCUT2D eigenvalue weighted by Gasteiger charge is 2.23. The molecule has 0 radical (unpaired) electrons. The van der Waals surface area contributed by atoms with Crippen molar-refractivity contribution in [1.82, 2.24) is 19.9 Å². The van der Waals surface area contributed by atoms with Crippen LogP contribution in [0, 0.1) is 0 Å². The second-order valence-corrected chi connectivity index (χ2v) is 3.98. The van der Waals surface area contributed by atoms with Crippen LogP contribution in [-0.2, 0) is 0 Å². The quantitative estimate of drug-likeness (QED) is 0.685. The predicted molar refractivity (Wildman–Crippen MR) is 55.8 cm³/mol. The number of hydrogen-bond donors (Lipinski definition) is 0. The van der Waals surface area contributed by atoms with Crippen molar-refractivity contribution in [3.8, 4) is 0 Å². The van der Waals surface area contributed by atoms with Gasteiger partial charge in [-0.25, -0.2) is 4.68 Å². The minimum atomic E-state index is 0.387. The van der Waals surface area contributed by atoms with Gasteiger partial charge in [0.15, 0.2) is 6.29 Å². The largest absolute Gasteiger partial charge is 0.301 e. The van der Waals surface area contributed by atoms with Gasteiger partial charge in [-0.3, -0.25) is 4.79 Å². The smallest absolute Gasteiger partial charge is 0.171 e. The number of rotatable bonds is 4. The Balaban J connectivity index is 1.98. The van der Waals surface area contributed by atoms with Crippen LogP contribution >= 0.6 is 0 Å². The zero-order valence-corrected chi connectivity index (χ0v) is 8.96. The van der Waals surface area contributed by atoms with Gasteiger partial charge in [0.25, 0.3) is 0 Å². The number of likely N-dealkylation sites (tertiary alicyclic amines) is 1. The van der Waals surface area contributed by atoms with Gasteiger partial charge in [-0.15, -0.1) is 5.10 Å². The predicted octanol–water partition coefficient (Wildman–Crippen LogP) is 0.747. The van der Waals surface area contributed by atoms with E-state index in [0.717, 1.165) is 32.3 Å². The molecule has 1 fully saturated rings. The summed E-state index contributed by atoms with van der Waals surface area (Å²) in [4.78, 5) is 12.9. The van der Waals surface area contributed by atoms with Crippen molar-refractivity contribution in [3.63, 3.8) is 0 Å². The van der Waals surface area contributed by atoms with Gasteiger partial charge in [0.1, 0.15) is 5.69 Å². The molecule has 0 bridgehead atoms. The van der Waals surface area contributed by atoms with Crippen molar-refractivity contribution in [3.05, 3.63) is 11.9 Å². The third-order valence-corrected chi connectivity index (χ3v) is 2.81. The van der Waals surface area contributed by atoms with Gasteiger partial charge in [0.2, 0.25) is 0 Å². The molecule has 0 aliphatic carbocycles. The highest BCUT2D eigenvalue weighted by molar-refractivity contribution is 5.70. The van der Waals surface area contributed by atoms with Crippen LogP contribution in [0.25, 0.3) is 0 Å². The Labute approximate surface area is 89.1 Å². The monoisotopic (exact) mass is 208 g/mol. The molecular weight excluding hydrogens is 192 g/mol. The third-order valence-electron chi connectivity index (χ3n) is 2.81. The lowest BCUT2D eigenvalue weighted by Gasteiger charge is -2.14. The minimum absolute atomic E-state index is 0.387. The fraction of sp³-hybridized carbons (Fsp3) is 0.700. The van der Waals surface area contributed by atoms with Gasteiger partial charge in [-0.05, 0) is 19.4 Å². The first-order chi connectivity index (χ1) is 7.33. The second kappa shape index (κ2) is 4.53. The van der Waals surface area contributed by atoms with Gasteiger partial charge in [-0.2, -0.15) is 0 Å². The van der Waals surface area contributed by atoms with Gasteiger partial charge in [0, 0.05) is 13.1 Å². The molecule has 1 unspecified atom stereocenters. The lowest BCUT2D eigenvalue weighted by Crippen LogP contribution is -2.22. The summed E-state index contributed by atoms with van der Waals surface area (Å²) in [6.45, 7) is 5.48. The van der Waals surface area contributed by atoms with E-state index in [4.69, 9.17) is 0 Å². The average Bonchev–Trinajstić information content (AvgIpc) is 2.85. The van der Waals surface area contributed by atoms with Crippen molar-refractivity contribution in [1.29, 1.82) is 0 Å². The van der Waals surface area contributed by atoms with E-state index in [9.17, 15) is 4.79 Å². The van der Waals surface area contributed by atoms with E-state index in [1.807, 2.05) is 4.68 Å². The van der Waals surface area contributed by atoms with Gasteiger partial charge in [-0.1, -0.05) is 12.1 Å². The Morgan fingerprint density at radius 2 is 2.53 bits per heavy atom. The molecule has 82 valence electrons. The molecule has 0 spiro atoms. The number of carbonyl (C=O) groups excluding carboxylic acids is 1. The number of carbonyl (C=O) groups is 1. The molecule has 1 atom stereocenters. The maximum absolute atomic E-state index is 10.5. The normalized spacial score (nSPS) is 22.1. The number of hydrogen-bond acceptors (Lipinski definition) is 4. The first-order valence-corrected chi connectivity index (χ1v) is 5.43. The molecule has 1 aliphatic rings. The molecule has 5 heteroatoms. The summed E-state index contributed by atoms with van der Waals surface area (Å²) in [5.74, 6) is 0. The molecule has 5 nitrogen and oxygen atoms in total. The highest BCUT2D eigenvalue weighted by atomic mass is 16.1. The van der Waals surface area contributed by atoms with Crippen LogP contribution in [0.5, 0.6) is 0 Å². The van der Waals surface area contributed by atoms with Gasteiger partial charge >= 0.3 is 0 Å². The van der Waals surface area contributed by atoms with E-state index in [1.165, 1.54) is 6.42 Å². The van der Waals surface area contributed by atoms with Crippen molar-refractivity contribution < 1.29 is 4.79 Å². The fourth-order valence-electron chi connectivity index (χ4n) is 2.07. The lowest BCUT2D eigenvalue weighted by molar-refractivity contribution is 0.111. The van der Waals surface area contributed by atoms with E-state index in [1.54, 1.807) is 6.20 Å². The van der Waals surface area contributed by atoms with Crippen molar-refractivity contribution in [2.75, 3.05) is 19.6 Å². The van der Waals surface area contributed by atoms with Gasteiger partial charge in [0.05, 0.1) is 12.2 Å². The summed E-state index contributed by atoms with van der Waals surface area (Å²) in [5, 5.41) is 7.75. The molecular formula is C10H16N4O. The minimum Gasteiger partial charge on any atom is -0.301 e. The Morgan fingerprint density at radius 3 is 3.20 bits per heavy atom. The van der Waals surface area contributed by atoms with E-state index < -0.39 is 0 Å². The maximum Gasteiger partial charge on any atom is 0.171 e. The van der Waals surface area contributed by atoms with Gasteiger partial charge < -0.3 is 4.90 Å². The number of aromatic nitrogens is 3. The first kappa shape index (κ1) is 10.3. The first-order valence-electron chi connectivity index (χ1n) is 5.43. The van der Waals surface area contributed by atoms with Crippen LogP contribution in [0.2, 0.25) is 0 Å². The van der Waals surface area contributed by atoms with E-state index in [-0.39, 0.29) is 0 Å². The van der Waals surface area contributed by atoms with Crippen LogP contribution in [0.3, 0.4) is 0 Å². The van der Waals surface area contributed by atoms with Crippen molar-refractivity contribution in [2.45, 2.75) is 25.8 Å². The molecule has 15 heavy (non-hydrogen) atoms. The summed E-state index contributed by atoms with van der Waals surface area (Å²) in [6, 6.07) is 0.387. The van der Waals surface area contributed by atoms with Crippen molar-refractivity contribution in [2.24, 2.45) is 0 Å². The lowest BCUT2D eigenvalue weighted by atomic mass is 10.3. The number of aldehydes is 1. The Kier molecular flexibility index (Phi) is 3.11. The van der Waals surface area contributed by atoms with Crippen LogP contribution in [0.15, 0.2) is 6.20 Å². The third kappa shape index (κ3) is 2.23. The molecule has 0 amide bonds. The zero-order chi connectivity index (χ0) is 10.7. The van der Waals surface area contributed by atoms with E-state index in [2.05, 4.69) is 22.1 Å². The number of nitrogens with zero attached hydrogens (tertiary/aromatic N) is 4. The molecule has 1 aliphatic heterocycles. The molecule has 0 N–H and O–H groups in total. The average molecular weight is 208 g/mol. The van der Waals surface area contributed by atoms with E-state index >= 15 is 0 Å². The summed E-state index contributed by atoms with van der Waals surface area (Å²) >= 11 is 0. The summed E-state index contributed by atoms with van der Waals surface area (Å²) in [6.07, 6.45) is 4.75. The SMILES string of the molecule is CCCN1CCC(n2cc(C=O)nn2)C1. The standard InChI is InChI=1S/C10H16N4O/c1-2-4-13-5-3-10(7-13)14-6-9(8-15)11-12-14/h6,8,10H,2-5,7H2,1H3. The Hall–Kier alpha value is -1.23. The topological polar surface area (TPSA) is 51.0 Å². The molecule has 2 heterocycles. The Morgan fingerprint density at radius 1 is 1.67 bits per heavy atom. The highest BCUT2D eigenvalue weighted by Crippen LogP contribution is 2.20. The molecule has 1 aromatic heterocycles. The van der Waals surface area contributed by atoms with Crippen molar-refractivity contribution >= 4 is 6.29 Å². The molecule has 1 aromatic rings. The fourth-order valence-corrected chi connectivity index (χ4v) is 2.07. The summed E-state index contributed by atoms with van der Waals surface area (Å²) < 4.78 is 1.82. The second-order valence-electron chi connectivity index (χ2n) is 3.98. The molecule has 2 rings (SSSR count). The zero-order valence-electron chi connectivity index (χ0n) is 8.96. The Bertz CT molecular complexity index is 336. The molecule has 1 saturated heterocycles. The van der Waals surface area contributed by atoms with Crippen LogP contribution in [0.4, 0.5) is 0 Å². The summed E-state index contributed by atoms with van der Waals surface area (Å²) in [5.41, 5.74) is 0.420. The maximum atomic E-state index is 10.5. The van der Waals surface area contributed by atoms with E-state index in [0.29, 0.717) is 11.7 Å². The van der Waals surface area contributed by atoms with Crippen LogP contribution in [0.1, 0.15) is 36.3 Å². The molecule has 0 saturated carbocycles. The van der Waals surface area contributed by atoms with Crippen LogP contribution in [-0.4, -0.2) is 45.8 Å². The molecule has 0 aromatic carbocycles. The van der Waals surface area contributed by atoms with Crippen LogP contribution < -0.4 is 0 Å². The summed E-state index contributed by atoms with van der Waals surface area (Å²) in [7, 11) is 0.